The highest BCUT2D eigenvalue weighted by Crippen LogP contribution is 2.32. The number of carbonyl (C=O) groups excluding carboxylic acids is 2. The van der Waals surface area contributed by atoms with Gasteiger partial charge in [0, 0.05) is 5.69 Å². The zero-order valence-corrected chi connectivity index (χ0v) is 14.5. The van der Waals surface area contributed by atoms with Crippen LogP contribution in [0.2, 0.25) is 5.02 Å². The molecule has 0 aliphatic carbocycles. The molecule has 8 heteroatoms. The van der Waals surface area contributed by atoms with Crippen LogP contribution in [0, 0.1) is 6.92 Å². The number of ether oxygens (including phenoxy) is 1. The molecule has 1 amide bonds. The molecule has 0 aromatic heterocycles. The van der Waals surface area contributed by atoms with Crippen molar-refractivity contribution in [3.63, 3.8) is 0 Å². The molecule has 1 aliphatic heterocycles. The van der Waals surface area contributed by atoms with Gasteiger partial charge >= 0.3 is 11.9 Å². The molecule has 0 saturated carbocycles. The van der Waals surface area contributed by atoms with Crippen molar-refractivity contribution in [2.45, 2.75) is 6.92 Å². The van der Waals surface area contributed by atoms with Crippen LogP contribution in [0.1, 0.15) is 15.9 Å². The molecule has 26 heavy (non-hydrogen) atoms. The Bertz CT molecular complexity index is 912. The fourth-order valence-electron chi connectivity index (χ4n) is 2.64. The number of hydrogen-bond acceptors (Lipinski definition) is 5. The van der Waals surface area contributed by atoms with E-state index in [4.69, 9.17) is 21.4 Å². The van der Waals surface area contributed by atoms with Crippen LogP contribution in [0.5, 0.6) is 5.75 Å². The predicted octanol–water partition coefficient (Wildman–Crippen LogP) is 2.71. The molecule has 0 fully saturated rings. The van der Waals surface area contributed by atoms with Crippen molar-refractivity contribution < 1.29 is 24.2 Å². The summed E-state index contributed by atoms with van der Waals surface area (Å²) in [5.74, 6) is -1.63. The van der Waals surface area contributed by atoms with Crippen molar-refractivity contribution in [1.29, 1.82) is 0 Å². The minimum atomic E-state index is -1.19. The molecule has 0 bridgehead atoms. The van der Waals surface area contributed by atoms with Gasteiger partial charge in [-0.25, -0.2) is 9.59 Å². The molecule has 0 saturated heterocycles. The van der Waals surface area contributed by atoms with Crippen molar-refractivity contribution in [3.8, 4) is 5.75 Å². The molecular formula is C18H15ClN2O5. The van der Waals surface area contributed by atoms with Crippen LogP contribution in [-0.4, -0.2) is 36.0 Å². The maximum absolute atomic E-state index is 12.4. The summed E-state index contributed by atoms with van der Waals surface area (Å²) in [5.41, 5.74) is 1.82. The topological polar surface area (TPSA) is 95.9 Å². The number of rotatable bonds is 4. The zero-order chi connectivity index (χ0) is 18.8. The third-order valence-corrected chi connectivity index (χ3v) is 4.14. The van der Waals surface area contributed by atoms with Gasteiger partial charge in [0.25, 0.3) is 0 Å². The third kappa shape index (κ3) is 3.78. The minimum absolute atomic E-state index is 0.0507. The highest BCUT2D eigenvalue weighted by atomic mass is 35.5. The third-order valence-electron chi connectivity index (χ3n) is 3.81. The smallest absolute Gasteiger partial charge is 0.337 e. The Balaban J connectivity index is 1.77. The van der Waals surface area contributed by atoms with E-state index in [0.717, 1.165) is 5.56 Å². The summed E-state index contributed by atoms with van der Waals surface area (Å²) in [4.78, 5) is 36.8. The van der Waals surface area contributed by atoms with E-state index in [1.165, 1.54) is 18.2 Å². The normalized spacial score (nSPS) is 13.0. The Morgan fingerprint density at radius 2 is 2.04 bits per heavy atom. The standard InChI is InChI=1S/C18H15ClN2O5/c1-10-2-5-15-14(6-10)21(9-17(23)26-15)8-16(22)20-11-3-4-13(19)12(7-11)18(24)25/h2-7H,8-9H2,1H3,(H,20,22)(H,24,25). The van der Waals surface area contributed by atoms with Gasteiger partial charge in [0.2, 0.25) is 5.91 Å². The fraction of sp³-hybridized carbons (Fsp3) is 0.167. The summed E-state index contributed by atoms with van der Waals surface area (Å²) in [7, 11) is 0. The van der Waals surface area contributed by atoms with E-state index in [0.29, 0.717) is 17.1 Å². The maximum atomic E-state index is 12.4. The molecule has 2 aromatic carbocycles. The van der Waals surface area contributed by atoms with Crippen molar-refractivity contribution in [2.24, 2.45) is 0 Å². The summed E-state index contributed by atoms with van der Waals surface area (Å²) < 4.78 is 5.18. The van der Waals surface area contributed by atoms with E-state index in [1.807, 2.05) is 19.1 Å². The van der Waals surface area contributed by atoms with Crippen molar-refractivity contribution >= 4 is 40.8 Å². The van der Waals surface area contributed by atoms with Gasteiger partial charge in [0.1, 0.15) is 6.54 Å². The van der Waals surface area contributed by atoms with Crippen LogP contribution in [-0.2, 0) is 9.59 Å². The zero-order valence-electron chi connectivity index (χ0n) is 13.8. The number of carboxylic acid groups (broad SMARTS) is 1. The van der Waals surface area contributed by atoms with Crippen molar-refractivity contribution in [3.05, 3.63) is 52.5 Å². The molecule has 0 atom stereocenters. The molecule has 2 N–H and O–H groups in total. The fourth-order valence-corrected chi connectivity index (χ4v) is 2.84. The first-order valence-corrected chi connectivity index (χ1v) is 8.10. The predicted molar refractivity (Wildman–Crippen MR) is 96.1 cm³/mol. The quantitative estimate of drug-likeness (QED) is 0.631. The number of fused-ring (bicyclic) bond motifs is 1. The second-order valence-corrected chi connectivity index (χ2v) is 6.26. The highest BCUT2D eigenvalue weighted by molar-refractivity contribution is 6.33. The Labute approximate surface area is 154 Å². The number of anilines is 2. The molecule has 134 valence electrons. The van der Waals surface area contributed by atoms with Crippen LogP contribution in [0.15, 0.2) is 36.4 Å². The van der Waals surface area contributed by atoms with Gasteiger partial charge in [0.05, 0.1) is 22.8 Å². The molecular weight excluding hydrogens is 360 g/mol. The SMILES string of the molecule is Cc1ccc2c(c1)N(CC(=O)Nc1ccc(Cl)c(C(=O)O)c1)CC(=O)O2. The second-order valence-electron chi connectivity index (χ2n) is 5.85. The largest absolute Gasteiger partial charge is 0.478 e. The maximum Gasteiger partial charge on any atom is 0.337 e. The van der Waals surface area contributed by atoms with Crippen LogP contribution in [0.25, 0.3) is 0 Å². The van der Waals surface area contributed by atoms with Crippen molar-refractivity contribution in [1.82, 2.24) is 0 Å². The number of aryl methyl sites for hydroxylation is 1. The Hall–Kier alpha value is -3.06. The van der Waals surface area contributed by atoms with Crippen molar-refractivity contribution in [2.75, 3.05) is 23.3 Å². The van der Waals surface area contributed by atoms with Gasteiger partial charge < -0.3 is 20.1 Å². The lowest BCUT2D eigenvalue weighted by Crippen LogP contribution is -2.41. The molecule has 1 heterocycles. The first-order valence-electron chi connectivity index (χ1n) is 7.72. The molecule has 0 radical (unpaired) electrons. The average Bonchev–Trinajstić information content (AvgIpc) is 2.57. The number of nitrogens with one attached hydrogen (secondary N) is 1. The van der Waals surface area contributed by atoms with E-state index in [2.05, 4.69) is 5.32 Å². The van der Waals surface area contributed by atoms with E-state index >= 15 is 0 Å². The molecule has 1 aliphatic rings. The van der Waals surface area contributed by atoms with Gasteiger partial charge in [0.15, 0.2) is 5.75 Å². The number of benzene rings is 2. The van der Waals surface area contributed by atoms with E-state index in [1.54, 1.807) is 11.0 Å². The van der Waals surface area contributed by atoms with Gasteiger partial charge in [-0.15, -0.1) is 0 Å². The first-order chi connectivity index (χ1) is 12.3. The van der Waals surface area contributed by atoms with Gasteiger partial charge in [-0.2, -0.15) is 0 Å². The number of esters is 1. The van der Waals surface area contributed by atoms with Crippen LogP contribution in [0.3, 0.4) is 0 Å². The number of carboxylic acids is 1. The van der Waals surface area contributed by atoms with E-state index in [-0.39, 0.29) is 23.7 Å². The summed E-state index contributed by atoms with van der Waals surface area (Å²) in [5, 5.41) is 11.8. The Morgan fingerprint density at radius 1 is 1.27 bits per heavy atom. The molecule has 7 nitrogen and oxygen atoms in total. The van der Waals surface area contributed by atoms with Crippen LogP contribution < -0.4 is 15.0 Å². The Kier molecular flexibility index (Phi) is 4.81. The van der Waals surface area contributed by atoms with E-state index < -0.39 is 17.8 Å². The lowest BCUT2D eigenvalue weighted by Gasteiger charge is -2.29. The minimum Gasteiger partial charge on any atom is -0.478 e. The number of nitrogens with zero attached hydrogens (tertiary/aromatic N) is 1. The summed E-state index contributed by atoms with van der Waals surface area (Å²) in [6.45, 7) is 1.76. The van der Waals surface area contributed by atoms with Crippen LogP contribution >= 0.6 is 11.6 Å². The summed E-state index contributed by atoms with van der Waals surface area (Å²) in [6.07, 6.45) is 0. The number of amides is 1. The van der Waals surface area contributed by atoms with Gasteiger partial charge in [-0.05, 0) is 42.8 Å². The number of aromatic carboxylic acids is 1. The summed E-state index contributed by atoms with van der Waals surface area (Å²) in [6, 6.07) is 9.53. The number of halogens is 1. The molecule has 3 rings (SSSR count). The van der Waals surface area contributed by atoms with Gasteiger partial charge in [-0.3, -0.25) is 4.79 Å². The monoisotopic (exact) mass is 374 g/mol. The lowest BCUT2D eigenvalue weighted by atomic mass is 10.1. The number of hydrogen-bond donors (Lipinski definition) is 2. The first kappa shape index (κ1) is 17.8. The lowest BCUT2D eigenvalue weighted by molar-refractivity contribution is -0.133. The second kappa shape index (κ2) is 7.05. The van der Waals surface area contributed by atoms with Gasteiger partial charge in [-0.1, -0.05) is 17.7 Å². The molecule has 0 spiro atoms. The van der Waals surface area contributed by atoms with Crippen LogP contribution in [0.4, 0.5) is 11.4 Å². The molecule has 2 aromatic rings. The van der Waals surface area contributed by atoms with E-state index in [9.17, 15) is 14.4 Å². The number of carbonyl (C=O) groups is 3. The molecule has 0 unspecified atom stereocenters. The Morgan fingerprint density at radius 3 is 2.77 bits per heavy atom. The average molecular weight is 375 g/mol. The summed E-state index contributed by atoms with van der Waals surface area (Å²) >= 11 is 5.82. The highest BCUT2D eigenvalue weighted by Gasteiger charge is 2.25.